The van der Waals surface area contributed by atoms with Crippen molar-refractivity contribution in [1.82, 2.24) is 0 Å². The van der Waals surface area contributed by atoms with Crippen molar-refractivity contribution in [1.29, 1.82) is 0 Å². The monoisotopic (exact) mass is 522 g/mol. The number of hydrogen-bond acceptors (Lipinski definition) is 11. The van der Waals surface area contributed by atoms with Gasteiger partial charge in [0, 0.05) is 33.1 Å². The lowest BCUT2D eigenvalue weighted by Crippen LogP contribution is -2.65. The van der Waals surface area contributed by atoms with Crippen LogP contribution in [0, 0.1) is 11.3 Å². The summed E-state index contributed by atoms with van der Waals surface area (Å²) in [6.45, 7) is 10.0. The third-order valence-electron chi connectivity index (χ3n) is 8.38. The summed E-state index contributed by atoms with van der Waals surface area (Å²) in [6.07, 6.45) is -4.34. The van der Waals surface area contributed by atoms with Crippen LogP contribution in [0.15, 0.2) is 23.3 Å². The van der Waals surface area contributed by atoms with Gasteiger partial charge in [0.15, 0.2) is 23.4 Å². The molecule has 0 saturated carbocycles. The number of aliphatic hydroxyl groups excluding tert-OH is 2. The predicted molar refractivity (Wildman–Crippen MR) is 125 cm³/mol. The average molecular weight is 523 g/mol. The van der Waals surface area contributed by atoms with Gasteiger partial charge in [-0.2, -0.15) is 0 Å². The maximum atomic E-state index is 12.8. The van der Waals surface area contributed by atoms with E-state index in [4.69, 9.17) is 23.7 Å². The van der Waals surface area contributed by atoms with Crippen LogP contribution < -0.4 is 0 Å². The van der Waals surface area contributed by atoms with E-state index < -0.39 is 83.0 Å². The van der Waals surface area contributed by atoms with E-state index >= 15 is 0 Å². The number of aliphatic hydroxyl groups is 2. The van der Waals surface area contributed by atoms with Crippen molar-refractivity contribution < 1.29 is 53.1 Å². The van der Waals surface area contributed by atoms with Gasteiger partial charge in [-0.1, -0.05) is 18.6 Å². The molecule has 10 unspecified atom stereocenters. The second-order valence-electron chi connectivity index (χ2n) is 10.8. The number of rotatable bonds is 3. The van der Waals surface area contributed by atoms with Crippen molar-refractivity contribution in [3.05, 3.63) is 23.3 Å². The number of fused-ring (bicyclic) bond motifs is 1. The molecule has 2 aliphatic heterocycles. The van der Waals surface area contributed by atoms with Gasteiger partial charge < -0.3 is 33.9 Å². The Morgan fingerprint density at radius 3 is 2.11 bits per heavy atom. The first-order valence-corrected chi connectivity index (χ1v) is 12.2. The Hall–Kier alpha value is -2.76. The van der Waals surface area contributed by atoms with Crippen LogP contribution in [-0.4, -0.2) is 81.9 Å². The quantitative estimate of drug-likeness (QED) is 0.235. The Bertz CT molecular complexity index is 1090. The van der Waals surface area contributed by atoms with Crippen LogP contribution in [0.25, 0.3) is 0 Å². The number of epoxide rings is 1. The molecule has 2 N–H and O–H groups in total. The molecule has 0 aromatic rings. The molecule has 0 aromatic heterocycles. The lowest BCUT2D eigenvalue weighted by molar-refractivity contribution is -0.213. The SMILES string of the molecule is CC(=O)OC1C(C)=CC2OC(=O)C3(C)OC23C(O)C2C(C)=CCC(OC(C)=O)C2(C)C(OC(C)=O)C1O. The van der Waals surface area contributed by atoms with Gasteiger partial charge in [-0.3, -0.25) is 14.4 Å². The maximum Gasteiger partial charge on any atom is 0.342 e. The molecule has 2 aliphatic carbocycles. The van der Waals surface area contributed by atoms with Gasteiger partial charge in [-0.05, 0) is 32.4 Å². The first kappa shape index (κ1) is 27.3. The van der Waals surface area contributed by atoms with Gasteiger partial charge in [-0.15, -0.1) is 0 Å². The highest BCUT2D eigenvalue weighted by Gasteiger charge is 2.86. The largest absolute Gasteiger partial charge is 0.461 e. The number of carbonyl (C=O) groups excluding carboxylic acids is 4. The molecular weight excluding hydrogens is 488 g/mol. The van der Waals surface area contributed by atoms with Crippen LogP contribution in [0.1, 0.15) is 54.9 Å². The Kier molecular flexibility index (Phi) is 6.58. The van der Waals surface area contributed by atoms with Crippen molar-refractivity contribution in [3.8, 4) is 0 Å². The molecule has 37 heavy (non-hydrogen) atoms. The fraction of sp³-hybridized carbons (Fsp3) is 0.692. The topological polar surface area (TPSA) is 158 Å². The Labute approximate surface area is 214 Å². The van der Waals surface area contributed by atoms with Crippen LogP contribution in [-0.2, 0) is 42.9 Å². The Morgan fingerprint density at radius 1 is 0.973 bits per heavy atom. The van der Waals surface area contributed by atoms with Crippen LogP contribution in [0.2, 0.25) is 0 Å². The second-order valence-corrected chi connectivity index (χ2v) is 10.8. The second kappa shape index (κ2) is 8.92. The van der Waals surface area contributed by atoms with Crippen molar-refractivity contribution in [2.45, 2.75) is 103 Å². The van der Waals surface area contributed by atoms with E-state index in [1.165, 1.54) is 26.8 Å². The molecule has 1 spiro atoms. The van der Waals surface area contributed by atoms with Gasteiger partial charge in [0.05, 0.1) is 11.5 Å². The van der Waals surface area contributed by atoms with Crippen LogP contribution in [0.4, 0.5) is 0 Å². The van der Waals surface area contributed by atoms with Gasteiger partial charge in [0.2, 0.25) is 0 Å². The zero-order chi connectivity index (χ0) is 27.7. The van der Waals surface area contributed by atoms with E-state index in [1.54, 1.807) is 26.8 Å². The fourth-order valence-electron chi connectivity index (χ4n) is 6.61. The number of carbonyl (C=O) groups is 4. The summed E-state index contributed by atoms with van der Waals surface area (Å²) in [5.74, 6) is -3.67. The molecular formula is C26H34O11. The van der Waals surface area contributed by atoms with Crippen molar-refractivity contribution in [2.75, 3.05) is 0 Å². The minimum absolute atomic E-state index is 0.201. The smallest absolute Gasteiger partial charge is 0.342 e. The van der Waals surface area contributed by atoms with E-state index in [9.17, 15) is 29.4 Å². The summed E-state index contributed by atoms with van der Waals surface area (Å²) >= 11 is 0. The lowest BCUT2D eigenvalue weighted by Gasteiger charge is -2.53. The lowest BCUT2D eigenvalue weighted by atomic mass is 9.56. The zero-order valence-electron chi connectivity index (χ0n) is 22.0. The summed E-state index contributed by atoms with van der Waals surface area (Å²) in [7, 11) is 0. The molecule has 2 saturated heterocycles. The molecule has 0 aromatic carbocycles. The van der Waals surface area contributed by atoms with Gasteiger partial charge in [0.25, 0.3) is 0 Å². The number of esters is 4. The summed E-state index contributed by atoms with van der Waals surface area (Å²) in [5, 5.41) is 23.7. The van der Waals surface area contributed by atoms with E-state index in [1.807, 2.05) is 0 Å². The summed E-state index contributed by atoms with van der Waals surface area (Å²) in [6, 6.07) is 0. The number of ether oxygens (including phenoxy) is 5. The van der Waals surface area contributed by atoms with Crippen molar-refractivity contribution in [2.24, 2.45) is 11.3 Å². The highest BCUT2D eigenvalue weighted by Crippen LogP contribution is 2.64. The third-order valence-corrected chi connectivity index (χ3v) is 8.38. The molecule has 2 fully saturated rings. The predicted octanol–water partition coefficient (Wildman–Crippen LogP) is 0.889. The van der Waals surface area contributed by atoms with Gasteiger partial charge >= 0.3 is 23.9 Å². The van der Waals surface area contributed by atoms with Gasteiger partial charge in [0.1, 0.15) is 18.3 Å². The summed E-state index contributed by atoms with van der Waals surface area (Å²) in [5.41, 5.74) is -3.50. The van der Waals surface area contributed by atoms with Crippen LogP contribution >= 0.6 is 0 Å². The molecule has 11 heteroatoms. The number of hydrogen-bond donors (Lipinski definition) is 2. The first-order chi connectivity index (χ1) is 17.1. The molecule has 4 rings (SSSR count). The Morgan fingerprint density at radius 2 is 1.57 bits per heavy atom. The first-order valence-electron chi connectivity index (χ1n) is 12.2. The van der Waals surface area contributed by atoms with Crippen molar-refractivity contribution >= 4 is 23.9 Å². The standard InChI is InChI=1S/C26H34O11/c1-11-8-9-16(33-13(3)27)24(6)18(11)21(31)26-17(36-23(32)25(26,7)37-26)10-12(2)20(34-14(4)28)19(30)22(24)35-15(5)29/h8,10,16-22,30-31H,9H2,1-7H3. The van der Waals surface area contributed by atoms with E-state index in [0.29, 0.717) is 5.57 Å². The molecule has 0 radical (unpaired) electrons. The average Bonchev–Trinajstić information content (AvgIpc) is 3.38. The molecule has 10 atom stereocenters. The van der Waals surface area contributed by atoms with Crippen LogP contribution in [0.5, 0.6) is 0 Å². The maximum absolute atomic E-state index is 12.8. The molecule has 11 nitrogen and oxygen atoms in total. The molecule has 4 aliphatic rings. The zero-order valence-corrected chi connectivity index (χ0v) is 22.0. The molecule has 0 amide bonds. The van der Waals surface area contributed by atoms with Gasteiger partial charge in [-0.25, -0.2) is 4.79 Å². The van der Waals surface area contributed by atoms with Crippen molar-refractivity contribution in [3.63, 3.8) is 0 Å². The fourth-order valence-corrected chi connectivity index (χ4v) is 6.61. The molecule has 0 bridgehead atoms. The minimum atomic E-state index is -1.63. The van der Waals surface area contributed by atoms with Crippen LogP contribution in [0.3, 0.4) is 0 Å². The molecule has 2 heterocycles. The highest BCUT2D eigenvalue weighted by molar-refractivity contribution is 5.89. The minimum Gasteiger partial charge on any atom is -0.461 e. The van der Waals surface area contributed by atoms with E-state index in [0.717, 1.165) is 6.92 Å². The normalized spacial score (nSPS) is 44.6. The van der Waals surface area contributed by atoms with E-state index in [-0.39, 0.29) is 12.0 Å². The summed E-state index contributed by atoms with van der Waals surface area (Å²) < 4.78 is 28.4. The molecule has 204 valence electrons. The summed E-state index contributed by atoms with van der Waals surface area (Å²) in [4.78, 5) is 49.4. The highest BCUT2D eigenvalue weighted by atomic mass is 16.7. The Balaban J connectivity index is 2.01. The van der Waals surface area contributed by atoms with E-state index in [2.05, 4.69) is 0 Å². The third kappa shape index (κ3) is 3.90.